The third-order valence-corrected chi connectivity index (χ3v) is 4.50. The maximum atomic E-state index is 11.3. The van der Waals surface area contributed by atoms with Crippen LogP contribution < -0.4 is 0 Å². The van der Waals surface area contributed by atoms with Crippen molar-refractivity contribution < 1.29 is 14.3 Å². The van der Waals surface area contributed by atoms with Crippen molar-refractivity contribution in [3.05, 3.63) is 35.7 Å². The molecule has 1 fully saturated rings. The van der Waals surface area contributed by atoms with E-state index in [9.17, 15) is 9.90 Å². The first-order chi connectivity index (χ1) is 10.2. The van der Waals surface area contributed by atoms with Crippen LogP contribution in [-0.2, 0) is 5.41 Å². The number of benzene rings is 1. The fraction of sp³-hybridized carbons (Fsp3) is 0.438. The summed E-state index contributed by atoms with van der Waals surface area (Å²) in [6, 6.07) is 6.71. The molecule has 21 heavy (non-hydrogen) atoms. The summed E-state index contributed by atoms with van der Waals surface area (Å²) >= 11 is 0. The molecule has 0 saturated heterocycles. The standard InChI is InChI=1S/C16H18N2O3/c1-2-16(9-5-6-10-16)15-18-17-13(21-15)11-7-3-4-8-12(11)14(19)20/h3-4,7-8H,2,5-6,9-10H2,1H3,(H,19,20). The fourth-order valence-corrected chi connectivity index (χ4v) is 3.17. The van der Waals surface area contributed by atoms with Gasteiger partial charge in [0.25, 0.3) is 0 Å². The van der Waals surface area contributed by atoms with Gasteiger partial charge in [-0.1, -0.05) is 31.9 Å². The lowest BCUT2D eigenvalue weighted by molar-refractivity contribution is 0.0697. The number of aromatic carboxylic acids is 1. The predicted octanol–water partition coefficient (Wildman–Crippen LogP) is 3.66. The van der Waals surface area contributed by atoms with Gasteiger partial charge in [0.15, 0.2) is 0 Å². The molecule has 110 valence electrons. The van der Waals surface area contributed by atoms with Crippen molar-refractivity contribution >= 4 is 5.97 Å². The van der Waals surface area contributed by atoms with Gasteiger partial charge in [-0.2, -0.15) is 0 Å². The normalized spacial score (nSPS) is 17.0. The summed E-state index contributed by atoms with van der Waals surface area (Å²) in [6.07, 6.45) is 5.45. The summed E-state index contributed by atoms with van der Waals surface area (Å²) < 4.78 is 5.85. The Morgan fingerprint density at radius 2 is 2.00 bits per heavy atom. The molecule has 1 aromatic carbocycles. The van der Waals surface area contributed by atoms with Crippen LogP contribution in [0.1, 0.15) is 55.3 Å². The van der Waals surface area contributed by atoms with Crippen LogP contribution in [0.4, 0.5) is 0 Å². The van der Waals surface area contributed by atoms with E-state index in [4.69, 9.17) is 4.42 Å². The Morgan fingerprint density at radius 3 is 2.67 bits per heavy atom. The van der Waals surface area contributed by atoms with Gasteiger partial charge in [0.1, 0.15) is 0 Å². The molecule has 0 amide bonds. The first kappa shape index (κ1) is 13.8. The first-order valence-electron chi connectivity index (χ1n) is 7.33. The van der Waals surface area contributed by atoms with Crippen molar-refractivity contribution in [3.8, 4) is 11.5 Å². The minimum Gasteiger partial charge on any atom is -0.478 e. The summed E-state index contributed by atoms with van der Waals surface area (Å²) in [6.45, 7) is 2.14. The highest BCUT2D eigenvalue weighted by molar-refractivity contribution is 5.94. The maximum absolute atomic E-state index is 11.3. The SMILES string of the molecule is CCC1(c2nnc(-c3ccccc3C(=O)O)o2)CCCC1. The maximum Gasteiger partial charge on any atom is 0.336 e. The van der Waals surface area contributed by atoms with E-state index in [0.717, 1.165) is 19.3 Å². The number of carboxylic acid groups (broad SMARTS) is 1. The van der Waals surface area contributed by atoms with E-state index in [1.54, 1.807) is 24.3 Å². The molecule has 0 atom stereocenters. The molecule has 1 aliphatic rings. The topological polar surface area (TPSA) is 76.2 Å². The van der Waals surface area contributed by atoms with Gasteiger partial charge < -0.3 is 9.52 Å². The number of hydrogen-bond donors (Lipinski definition) is 1. The molecule has 5 heteroatoms. The Kier molecular flexibility index (Phi) is 3.49. The van der Waals surface area contributed by atoms with Crippen LogP contribution in [0.3, 0.4) is 0 Å². The smallest absolute Gasteiger partial charge is 0.336 e. The second-order valence-corrected chi connectivity index (χ2v) is 5.60. The average molecular weight is 286 g/mol. The molecule has 2 aromatic rings. The molecule has 0 spiro atoms. The molecule has 1 aliphatic carbocycles. The van der Waals surface area contributed by atoms with Gasteiger partial charge in [-0.05, 0) is 31.4 Å². The van der Waals surface area contributed by atoms with E-state index < -0.39 is 5.97 Å². The van der Waals surface area contributed by atoms with E-state index >= 15 is 0 Å². The van der Waals surface area contributed by atoms with Gasteiger partial charge in [-0.3, -0.25) is 0 Å². The molecule has 0 unspecified atom stereocenters. The summed E-state index contributed by atoms with van der Waals surface area (Å²) in [5.74, 6) is -0.0446. The number of nitrogens with zero attached hydrogens (tertiary/aromatic N) is 2. The van der Waals surface area contributed by atoms with Crippen LogP contribution in [-0.4, -0.2) is 21.3 Å². The Bertz CT molecular complexity index is 657. The van der Waals surface area contributed by atoms with Crippen molar-refractivity contribution in [2.24, 2.45) is 0 Å². The van der Waals surface area contributed by atoms with E-state index in [1.807, 2.05) is 0 Å². The molecule has 0 radical (unpaired) electrons. The molecule has 0 aliphatic heterocycles. The highest BCUT2D eigenvalue weighted by Crippen LogP contribution is 2.43. The summed E-state index contributed by atoms with van der Waals surface area (Å²) in [7, 11) is 0. The molecular formula is C16H18N2O3. The molecule has 1 N–H and O–H groups in total. The van der Waals surface area contributed by atoms with Crippen molar-refractivity contribution in [3.63, 3.8) is 0 Å². The molecular weight excluding hydrogens is 268 g/mol. The average Bonchev–Trinajstić information content (AvgIpc) is 3.17. The minimum absolute atomic E-state index is 0.0244. The first-order valence-corrected chi connectivity index (χ1v) is 7.33. The molecule has 1 saturated carbocycles. The third-order valence-electron chi connectivity index (χ3n) is 4.50. The number of hydrogen-bond acceptors (Lipinski definition) is 4. The number of rotatable bonds is 4. The summed E-state index contributed by atoms with van der Waals surface area (Å²) in [5.41, 5.74) is 0.640. The second-order valence-electron chi connectivity index (χ2n) is 5.60. The van der Waals surface area contributed by atoms with Gasteiger partial charge in [-0.15, -0.1) is 10.2 Å². The summed E-state index contributed by atoms with van der Waals surface area (Å²) in [5, 5.41) is 17.5. The molecule has 1 heterocycles. The predicted molar refractivity (Wildman–Crippen MR) is 77.1 cm³/mol. The number of carboxylic acids is 1. The highest BCUT2D eigenvalue weighted by Gasteiger charge is 2.39. The highest BCUT2D eigenvalue weighted by atomic mass is 16.4. The van der Waals surface area contributed by atoms with Crippen LogP contribution in [0, 0.1) is 0 Å². The largest absolute Gasteiger partial charge is 0.478 e. The lowest BCUT2D eigenvalue weighted by Gasteiger charge is -2.22. The van der Waals surface area contributed by atoms with Crippen molar-refractivity contribution in [1.29, 1.82) is 0 Å². The van der Waals surface area contributed by atoms with Crippen LogP contribution in [0.2, 0.25) is 0 Å². The molecule has 0 bridgehead atoms. The van der Waals surface area contributed by atoms with Crippen LogP contribution in [0.5, 0.6) is 0 Å². The lowest BCUT2D eigenvalue weighted by atomic mass is 9.83. The molecule has 1 aromatic heterocycles. The van der Waals surface area contributed by atoms with Crippen molar-refractivity contribution in [2.75, 3.05) is 0 Å². The van der Waals surface area contributed by atoms with E-state index in [2.05, 4.69) is 17.1 Å². The van der Waals surface area contributed by atoms with Gasteiger partial charge in [0.2, 0.25) is 11.8 Å². The van der Waals surface area contributed by atoms with Gasteiger partial charge in [0.05, 0.1) is 11.1 Å². The monoisotopic (exact) mass is 286 g/mol. The zero-order valence-electron chi connectivity index (χ0n) is 12.0. The quantitative estimate of drug-likeness (QED) is 0.928. The van der Waals surface area contributed by atoms with Gasteiger partial charge in [-0.25, -0.2) is 4.79 Å². The Hall–Kier alpha value is -2.17. The number of carbonyl (C=O) groups is 1. The van der Waals surface area contributed by atoms with Crippen LogP contribution in [0.25, 0.3) is 11.5 Å². The number of aromatic nitrogens is 2. The zero-order valence-corrected chi connectivity index (χ0v) is 12.0. The van der Waals surface area contributed by atoms with Crippen molar-refractivity contribution in [1.82, 2.24) is 10.2 Å². The van der Waals surface area contributed by atoms with Crippen LogP contribution in [0.15, 0.2) is 28.7 Å². The molecule has 3 rings (SSSR count). The molecule has 5 nitrogen and oxygen atoms in total. The van der Waals surface area contributed by atoms with E-state index in [1.165, 1.54) is 12.8 Å². The zero-order chi connectivity index (χ0) is 14.9. The third kappa shape index (κ3) is 2.33. The fourth-order valence-electron chi connectivity index (χ4n) is 3.17. The van der Waals surface area contributed by atoms with E-state index in [0.29, 0.717) is 17.3 Å². The van der Waals surface area contributed by atoms with E-state index in [-0.39, 0.29) is 11.0 Å². The van der Waals surface area contributed by atoms with Gasteiger partial charge in [0, 0.05) is 5.41 Å². The van der Waals surface area contributed by atoms with Crippen LogP contribution >= 0.6 is 0 Å². The minimum atomic E-state index is -0.989. The Labute approximate surface area is 123 Å². The Balaban J connectivity index is 2.01. The summed E-state index contributed by atoms with van der Waals surface area (Å²) in [4.78, 5) is 11.3. The Morgan fingerprint density at radius 1 is 1.29 bits per heavy atom. The van der Waals surface area contributed by atoms with Crippen molar-refractivity contribution in [2.45, 2.75) is 44.4 Å². The lowest BCUT2D eigenvalue weighted by Crippen LogP contribution is -2.21. The second kappa shape index (κ2) is 5.31. The van der Waals surface area contributed by atoms with Gasteiger partial charge >= 0.3 is 5.97 Å².